The third-order valence-electron chi connectivity index (χ3n) is 3.84. The molecule has 0 aromatic rings. The van der Waals surface area contributed by atoms with E-state index in [0.717, 1.165) is 19.7 Å². The second-order valence-electron chi connectivity index (χ2n) is 5.19. The van der Waals surface area contributed by atoms with Crippen LogP contribution >= 0.6 is 0 Å². The van der Waals surface area contributed by atoms with Crippen molar-refractivity contribution in [2.24, 2.45) is 5.73 Å². The highest BCUT2D eigenvalue weighted by molar-refractivity contribution is 7.90. The van der Waals surface area contributed by atoms with Gasteiger partial charge in [-0.3, -0.25) is 4.90 Å². The molecule has 2 aliphatic rings. The first-order chi connectivity index (χ1) is 8.53. The predicted molar refractivity (Wildman–Crippen MR) is 69.8 cm³/mol. The third kappa shape index (κ3) is 3.21. The molecule has 0 aromatic carbocycles. The Balaban J connectivity index is 1.80. The number of ether oxygens (including phenoxy) is 1. The van der Waals surface area contributed by atoms with E-state index in [1.165, 1.54) is 12.8 Å². The molecule has 0 amide bonds. The summed E-state index contributed by atoms with van der Waals surface area (Å²) in [7, 11) is -3.31. The largest absolute Gasteiger partial charge is 0.374 e. The summed E-state index contributed by atoms with van der Waals surface area (Å²) in [6, 6.07) is 0.542. The summed E-state index contributed by atoms with van der Waals surface area (Å²) in [4.78, 5) is 2.40. The van der Waals surface area contributed by atoms with Crippen LogP contribution in [0.1, 0.15) is 19.8 Å². The monoisotopic (exact) mass is 277 g/mol. The van der Waals surface area contributed by atoms with Crippen molar-refractivity contribution >= 4 is 10.0 Å². The van der Waals surface area contributed by atoms with Gasteiger partial charge in [-0.1, -0.05) is 0 Å². The van der Waals surface area contributed by atoms with Crippen molar-refractivity contribution in [3.05, 3.63) is 0 Å². The van der Waals surface area contributed by atoms with Crippen LogP contribution in [-0.2, 0) is 14.8 Å². The Morgan fingerprint density at radius 2 is 2.33 bits per heavy atom. The topological polar surface area (TPSA) is 84.7 Å². The van der Waals surface area contributed by atoms with E-state index in [2.05, 4.69) is 9.62 Å². The molecule has 0 radical (unpaired) electrons. The maximum Gasteiger partial charge on any atom is 0.215 e. The van der Waals surface area contributed by atoms with Gasteiger partial charge in [0.25, 0.3) is 0 Å². The number of morpholine rings is 1. The maximum absolute atomic E-state index is 11.8. The molecular weight excluding hydrogens is 254 g/mol. The normalized spacial score (nSPS) is 31.2. The van der Waals surface area contributed by atoms with Crippen molar-refractivity contribution in [1.82, 2.24) is 9.62 Å². The Bertz CT molecular complexity index is 374. The van der Waals surface area contributed by atoms with Gasteiger partial charge < -0.3 is 10.5 Å². The fourth-order valence-corrected chi connectivity index (χ4v) is 3.44. The minimum Gasteiger partial charge on any atom is -0.374 e. The molecule has 0 bridgehead atoms. The smallest absolute Gasteiger partial charge is 0.215 e. The van der Waals surface area contributed by atoms with E-state index in [1.807, 2.05) is 0 Å². The van der Waals surface area contributed by atoms with Crippen molar-refractivity contribution in [3.8, 4) is 0 Å². The van der Waals surface area contributed by atoms with Crippen LogP contribution in [0.15, 0.2) is 0 Å². The van der Waals surface area contributed by atoms with Gasteiger partial charge in [0.05, 0.1) is 18.0 Å². The Kier molecular flexibility index (Phi) is 4.60. The summed E-state index contributed by atoms with van der Waals surface area (Å²) in [5, 5.41) is -0.555. The van der Waals surface area contributed by atoms with Gasteiger partial charge in [0.1, 0.15) is 0 Å². The van der Waals surface area contributed by atoms with E-state index in [1.54, 1.807) is 6.92 Å². The molecule has 2 aliphatic heterocycles. The maximum atomic E-state index is 11.8. The van der Waals surface area contributed by atoms with E-state index in [4.69, 9.17) is 10.5 Å². The van der Waals surface area contributed by atoms with Crippen molar-refractivity contribution in [2.45, 2.75) is 37.2 Å². The molecule has 0 saturated carbocycles. The zero-order chi connectivity index (χ0) is 13.2. The molecule has 3 N–H and O–H groups in total. The van der Waals surface area contributed by atoms with Crippen LogP contribution < -0.4 is 10.5 Å². The lowest BCUT2D eigenvalue weighted by Gasteiger charge is -2.35. The van der Waals surface area contributed by atoms with Crippen LogP contribution in [0.4, 0.5) is 0 Å². The molecule has 3 unspecified atom stereocenters. The minimum absolute atomic E-state index is 0.0425. The van der Waals surface area contributed by atoms with Crippen molar-refractivity contribution in [1.29, 1.82) is 0 Å². The molecule has 2 saturated heterocycles. The van der Waals surface area contributed by atoms with Crippen LogP contribution in [0.3, 0.4) is 0 Å². The van der Waals surface area contributed by atoms with E-state index >= 15 is 0 Å². The van der Waals surface area contributed by atoms with Gasteiger partial charge in [0, 0.05) is 25.7 Å². The number of hydrogen-bond acceptors (Lipinski definition) is 5. The fraction of sp³-hybridized carbons (Fsp3) is 1.00. The van der Waals surface area contributed by atoms with Crippen molar-refractivity contribution in [2.75, 3.05) is 32.8 Å². The van der Waals surface area contributed by atoms with E-state index in [-0.39, 0.29) is 12.6 Å². The lowest BCUT2D eigenvalue weighted by molar-refractivity contribution is -0.0449. The molecule has 2 heterocycles. The Morgan fingerprint density at radius 1 is 1.56 bits per heavy atom. The highest BCUT2D eigenvalue weighted by atomic mass is 32.2. The average Bonchev–Trinajstić information content (AvgIpc) is 2.82. The van der Waals surface area contributed by atoms with Crippen LogP contribution in [-0.4, -0.2) is 63.5 Å². The first-order valence-corrected chi connectivity index (χ1v) is 8.11. The van der Waals surface area contributed by atoms with Crippen LogP contribution in [0.2, 0.25) is 0 Å². The quantitative estimate of drug-likeness (QED) is 0.681. The summed E-state index contributed by atoms with van der Waals surface area (Å²) >= 11 is 0. The van der Waals surface area contributed by atoms with E-state index in [0.29, 0.717) is 12.6 Å². The van der Waals surface area contributed by atoms with Gasteiger partial charge in [-0.2, -0.15) is 0 Å². The molecule has 0 spiro atoms. The van der Waals surface area contributed by atoms with Gasteiger partial charge in [0.2, 0.25) is 10.0 Å². The highest BCUT2D eigenvalue weighted by Gasteiger charge is 2.32. The molecule has 3 atom stereocenters. The zero-order valence-corrected chi connectivity index (χ0v) is 11.7. The third-order valence-corrected chi connectivity index (χ3v) is 5.66. The molecular formula is C11H23N3O3S. The number of nitrogens with two attached hydrogens (primary N) is 1. The minimum atomic E-state index is -3.31. The summed E-state index contributed by atoms with van der Waals surface area (Å²) in [6.07, 6.45) is 2.37. The number of sulfonamides is 1. The van der Waals surface area contributed by atoms with Crippen LogP contribution in [0, 0.1) is 0 Å². The molecule has 2 rings (SSSR count). The first-order valence-electron chi connectivity index (χ1n) is 6.57. The summed E-state index contributed by atoms with van der Waals surface area (Å²) in [5.41, 5.74) is 5.38. The number of nitrogens with one attached hydrogen (secondary N) is 1. The molecule has 2 fully saturated rings. The zero-order valence-electron chi connectivity index (χ0n) is 10.8. The fourth-order valence-electron chi connectivity index (χ4n) is 2.49. The van der Waals surface area contributed by atoms with E-state index < -0.39 is 15.3 Å². The van der Waals surface area contributed by atoms with Gasteiger partial charge in [-0.15, -0.1) is 0 Å². The molecule has 6 nitrogen and oxygen atoms in total. The molecule has 7 heteroatoms. The average molecular weight is 277 g/mol. The van der Waals surface area contributed by atoms with Crippen molar-refractivity contribution < 1.29 is 13.2 Å². The second-order valence-corrected chi connectivity index (χ2v) is 7.37. The van der Waals surface area contributed by atoms with E-state index in [9.17, 15) is 8.42 Å². The number of hydrogen-bond donors (Lipinski definition) is 2. The Morgan fingerprint density at radius 3 is 3.06 bits per heavy atom. The molecule has 0 aromatic heterocycles. The first kappa shape index (κ1) is 14.2. The predicted octanol–water partition coefficient (Wildman–Crippen LogP) is -0.884. The lowest BCUT2D eigenvalue weighted by Crippen LogP contribution is -2.51. The van der Waals surface area contributed by atoms with Crippen LogP contribution in [0.25, 0.3) is 0 Å². The number of rotatable bonds is 5. The summed E-state index contributed by atoms with van der Waals surface area (Å²) in [6.45, 7) is 4.74. The Hall–Kier alpha value is -0.210. The van der Waals surface area contributed by atoms with Gasteiger partial charge in [0.15, 0.2) is 0 Å². The second kappa shape index (κ2) is 5.83. The van der Waals surface area contributed by atoms with Gasteiger partial charge >= 0.3 is 0 Å². The van der Waals surface area contributed by atoms with Gasteiger partial charge in [-0.05, 0) is 26.3 Å². The molecule has 106 valence electrons. The van der Waals surface area contributed by atoms with Gasteiger partial charge in [-0.25, -0.2) is 13.1 Å². The molecule has 18 heavy (non-hydrogen) atoms. The van der Waals surface area contributed by atoms with Crippen molar-refractivity contribution in [3.63, 3.8) is 0 Å². The Labute approximate surface area is 109 Å². The number of nitrogens with zero attached hydrogens (tertiary/aromatic N) is 1. The SMILES string of the molecule is CC(CN)S(=O)(=O)NCC1CN2CCCC2CO1. The number of fused-ring (bicyclic) bond motifs is 1. The summed E-state index contributed by atoms with van der Waals surface area (Å²) in [5.74, 6) is 0. The lowest BCUT2D eigenvalue weighted by atomic mass is 10.2. The van der Waals surface area contributed by atoms with Crippen LogP contribution in [0.5, 0.6) is 0 Å². The summed E-state index contributed by atoms with van der Waals surface area (Å²) < 4.78 is 31.8. The highest BCUT2D eigenvalue weighted by Crippen LogP contribution is 2.22. The standard InChI is InChI=1S/C11H23N3O3S/c1-9(5-12)18(15,16)13-6-11-7-14-4-2-3-10(14)8-17-11/h9-11,13H,2-8,12H2,1H3. The molecule has 0 aliphatic carbocycles.